The third kappa shape index (κ3) is 4.11. The standard InChI is InChI=1S/C16H34N4/c1-6-8-9-13-10-11-20(7-2)16(13,5)12-15(3,4)19-14(17)18/h13H,6-12H2,1-5H3,(H4,17,18,19). The summed E-state index contributed by atoms with van der Waals surface area (Å²) in [7, 11) is 0. The molecule has 1 aliphatic rings. The van der Waals surface area contributed by atoms with Gasteiger partial charge in [-0.1, -0.05) is 26.7 Å². The largest absolute Gasteiger partial charge is 0.370 e. The molecule has 0 aromatic carbocycles. The first-order valence-corrected chi connectivity index (χ1v) is 8.11. The Bertz CT molecular complexity index is 333. The maximum absolute atomic E-state index is 5.59. The van der Waals surface area contributed by atoms with Gasteiger partial charge in [-0.2, -0.15) is 0 Å². The monoisotopic (exact) mass is 282 g/mol. The molecule has 1 aliphatic heterocycles. The van der Waals surface area contributed by atoms with Gasteiger partial charge in [-0.15, -0.1) is 0 Å². The number of likely N-dealkylation sites (tertiary alicyclic amines) is 1. The van der Waals surface area contributed by atoms with Crippen LogP contribution in [0.1, 0.15) is 66.7 Å². The molecule has 0 radical (unpaired) electrons. The summed E-state index contributed by atoms with van der Waals surface area (Å²) in [6.45, 7) is 13.5. The fraction of sp³-hybridized carbons (Fsp3) is 0.938. The van der Waals surface area contributed by atoms with Gasteiger partial charge in [-0.3, -0.25) is 4.90 Å². The molecule has 0 aromatic heterocycles. The van der Waals surface area contributed by atoms with Gasteiger partial charge >= 0.3 is 0 Å². The molecule has 0 bridgehead atoms. The molecular weight excluding hydrogens is 248 g/mol. The van der Waals surface area contributed by atoms with E-state index in [0.29, 0.717) is 0 Å². The number of nitrogens with two attached hydrogens (primary N) is 2. The minimum atomic E-state index is -0.199. The summed E-state index contributed by atoms with van der Waals surface area (Å²) in [5, 5.41) is 0. The summed E-state index contributed by atoms with van der Waals surface area (Å²) < 4.78 is 0. The fourth-order valence-corrected chi connectivity index (χ4v) is 4.08. The van der Waals surface area contributed by atoms with Gasteiger partial charge in [0.05, 0.1) is 5.54 Å². The highest BCUT2D eigenvalue weighted by molar-refractivity contribution is 5.76. The summed E-state index contributed by atoms with van der Waals surface area (Å²) in [5.74, 6) is 0.959. The second-order valence-corrected chi connectivity index (χ2v) is 7.09. The Morgan fingerprint density at radius 2 is 2.00 bits per heavy atom. The predicted octanol–water partition coefficient (Wildman–Crippen LogP) is 2.72. The zero-order valence-corrected chi connectivity index (χ0v) is 14.1. The maximum atomic E-state index is 5.59. The number of rotatable bonds is 7. The van der Waals surface area contributed by atoms with Crippen LogP contribution in [-0.2, 0) is 0 Å². The van der Waals surface area contributed by atoms with Crippen LogP contribution in [0.25, 0.3) is 0 Å². The van der Waals surface area contributed by atoms with Crippen molar-refractivity contribution in [2.45, 2.75) is 77.8 Å². The van der Waals surface area contributed by atoms with Crippen LogP contribution >= 0.6 is 0 Å². The molecule has 0 saturated carbocycles. The van der Waals surface area contributed by atoms with E-state index in [4.69, 9.17) is 11.5 Å². The van der Waals surface area contributed by atoms with Crippen LogP contribution in [0.5, 0.6) is 0 Å². The molecular formula is C16H34N4. The van der Waals surface area contributed by atoms with Gasteiger partial charge in [0.15, 0.2) is 5.96 Å². The summed E-state index contributed by atoms with van der Waals surface area (Å²) in [6.07, 6.45) is 6.24. The molecule has 4 nitrogen and oxygen atoms in total. The third-order valence-corrected chi connectivity index (χ3v) is 4.86. The van der Waals surface area contributed by atoms with Crippen molar-refractivity contribution >= 4 is 5.96 Å². The second-order valence-electron chi connectivity index (χ2n) is 7.09. The first-order chi connectivity index (χ1) is 9.25. The number of hydrogen-bond acceptors (Lipinski definition) is 2. The first-order valence-electron chi connectivity index (χ1n) is 8.11. The van der Waals surface area contributed by atoms with Gasteiger partial charge in [0, 0.05) is 5.54 Å². The van der Waals surface area contributed by atoms with Crippen molar-refractivity contribution in [2.75, 3.05) is 13.1 Å². The minimum absolute atomic E-state index is 0.199. The average molecular weight is 282 g/mol. The van der Waals surface area contributed by atoms with Crippen LogP contribution in [0.2, 0.25) is 0 Å². The smallest absolute Gasteiger partial charge is 0.186 e. The van der Waals surface area contributed by atoms with Gasteiger partial charge < -0.3 is 11.5 Å². The fourth-order valence-electron chi connectivity index (χ4n) is 4.08. The Labute approximate surface area is 125 Å². The van der Waals surface area contributed by atoms with Crippen molar-refractivity contribution < 1.29 is 0 Å². The van der Waals surface area contributed by atoms with Crippen LogP contribution in [0, 0.1) is 5.92 Å². The van der Waals surface area contributed by atoms with Gasteiger partial charge in [0.25, 0.3) is 0 Å². The van der Waals surface area contributed by atoms with E-state index in [2.05, 4.69) is 44.5 Å². The summed E-state index contributed by atoms with van der Waals surface area (Å²) >= 11 is 0. The lowest BCUT2D eigenvalue weighted by Gasteiger charge is -2.43. The van der Waals surface area contributed by atoms with Crippen molar-refractivity contribution in [1.82, 2.24) is 4.90 Å². The first kappa shape index (κ1) is 17.3. The normalized spacial score (nSPS) is 27.8. The molecule has 20 heavy (non-hydrogen) atoms. The Morgan fingerprint density at radius 1 is 1.35 bits per heavy atom. The molecule has 0 spiro atoms. The van der Waals surface area contributed by atoms with Crippen molar-refractivity contribution in [1.29, 1.82) is 0 Å². The quantitative estimate of drug-likeness (QED) is 0.557. The second kappa shape index (κ2) is 6.79. The SMILES string of the molecule is CCCCC1CCN(CC)C1(C)CC(C)(C)N=C(N)N. The highest BCUT2D eigenvalue weighted by Crippen LogP contribution is 2.43. The highest BCUT2D eigenvalue weighted by atomic mass is 15.2. The third-order valence-electron chi connectivity index (χ3n) is 4.86. The van der Waals surface area contributed by atoms with Gasteiger partial charge in [0.2, 0.25) is 0 Å². The van der Waals surface area contributed by atoms with Gasteiger partial charge in [0.1, 0.15) is 0 Å². The van der Waals surface area contributed by atoms with Crippen LogP contribution in [0.3, 0.4) is 0 Å². The van der Waals surface area contributed by atoms with E-state index >= 15 is 0 Å². The number of nitrogens with zero attached hydrogens (tertiary/aromatic N) is 2. The molecule has 1 rings (SSSR count). The average Bonchev–Trinajstić information content (AvgIpc) is 2.59. The van der Waals surface area contributed by atoms with E-state index in [1.807, 2.05) is 0 Å². The Kier molecular flexibility index (Phi) is 5.87. The molecule has 0 aliphatic carbocycles. The molecule has 1 fully saturated rings. The van der Waals surface area contributed by atoms with Gasteiger partial charge in [-0.05, 0) is 59.0 Å². The lowest BCUT2D eigenvalue weighted by Crippen LogP contribution is -2.49. The van der Waals surface area contributed by atoms with E-state index < -0.39 is 0 Å². The van der Waals surface area contributed by atoms with Crippen LogP contribution in [0.4, 0.5) is 0 Å². The lowest BCUT2D eigenvalue weighted by atomic mass is 9.75. The number of hydrogen-bond donors (Lipinski definition) is 2. The molecule has 2 unspecified atom stereocenters. The van der Waals surface area contributed by atoms with E-state index in [1.165, 1.54) is 32.2 Å². The Morgan fingerprint density at radius 3 is 2.50 bits per heavy atom. The molecule has 1 heterocycles. The minimum Gasteiger partial charge on any atom is -0.370 e. The number of aliphatic imine (C=N–C) groups is 1. The van der Waals surface area contributed by atoms with E-state index in [9.17, 15) is 0 Å². The van der Waals surface area contributed by atoms with Crippen LogP contribution < -0.4 is 11.5 Å². The predicted molar refractivity (Wildman–Crippen MR) is 87.8 cm³/mol. The molecule has 0 amide bonds. The number of unbranched alkanes of at least 4 members (excludes halogenated alkanes) is 1. The Hall–Kier alpha value is -0.770. The topological polar surface area (TPSA) is 67.6 Å². The van der Waals surface area contributed by atoms with E-state index in [0.717, 1.165) is 18.9 Å². The van der Waals surface area contributed by atoms with Gasteiger partial charge in [-0.25, -0.2) is 4.99 Å². The van der Waals surface area contributed by atoms with Crippen molar-refractivity contribution in [3.63, 3.8) is 0 Å². The molecule has 118 valence electrons. The van der Waals surface area contributed by atoms with E-state index in [-0.39, 0.29) is 17.0 Å². The van der Waals surface area contributed by atoms with Crippen LogP contribution in [-0.4, -0.2) is 35.0 Å². The van der Waals surface area contributed by atoms with Crippen molar-refractivity contribution in [3.8, 4) is 0 Å². The molecule has 2 atom stereocenters. The van der Waals surface area contributed by atoms with Crippen molar-refractivity contribution in [3.05, 3.63) is 0 Å². The van der Waals surface area contributed by atoms with Crippen molar-refractivity contribution in [2.24, 2.45) is 22.4 Å². The van der Waals surface area contributed by atoms with Crippen LogP contribution in [0.15, 0.2) is 4.99 Å². The van der Waals surface area contributed by atoms with E-state index in [1.54, 1.807) is 0 Å². The summed E-state index contributed by atoms with van der Waals surface area (Å²) in [6, 6.07) is 0. The molecule has 1 saturated heterocycles. The zero-order chi connectivity index (χ0) is 15.4. The molecule has 4 N–H and O–H groups in total. The lowest BCUT2D eigenvalue weighted by molar-refractivity contribution is 0.0879. The molecule has 0 aromatic rings. The summed E-state index contributed by atoms with van der Waals surface area (Å²) in [5.41, 5.74) is 11.2. The Balaban J connectivity index is 2.90. The molecule has 4 heteroatoms. The maximum Gasteiger partial charge on any atom is 0.186 e. The zero-order valence-electron chi connectivity index (χ0n) is 14.1. The highest BCUT2D eigenvalue weighted by Gasteiger charge is 2.46. The number of guanidine groups is 1. The summed E-state index contributed by atoms with van der Waals surface area (Å²) in [4.78, 5) is 7.07.